The van der Waals surface area contributed by atoms with Crippen molar-refractivity contribution in [2.24, 2.45) is 0 Å². The molecule has 2 saturated heterocycles. The lowest BCUT2D eigenvalue weighted by Gasteiger charge is -2.39. The smallest absolute Gasteiger partial charge is 0.282 e. The Morgan fingerprint density at radius 1 is 0.880 bits per heavy atom. The molecule has 140 valence electrons. The molecule has 0 spiro atoms. The molecule has 0 unspecified atom stereocenters. The van der Waals surface area contributed by atoms with Crippen LogP contribution in [0.25, 0.3) is 0 Å². The van der Waals surface area contributed by atoms with Crippen molar-refractivity contribution in [1.29, 1.82) is 0 Å². The maximum absolute atomic E-state index is 12.9. The molecule has 0 saturated carbocycles. The normalized spacial score (nSPS) is 22.3. The molecule has 0 N–H and O–H groups in total. The molecule has 0 bridgehead atoms. The van der Waals surface area contributed by atoms with Crippen LogP contribution in [0.2, 0.25) is 0 Å². The molecule has 3 rings (SSSR count). The molecule has 6 nitrogen and oxygen atoms in total. The lowest BCUT2D eigenvalue weighted by atomic mass is 10.1. The van der Waals surface area contributed by atoms with Gasteiger partial charge in [-0.1, -0.05) is 12.1 Å². The molecule has 0 amide bonds. The molecule has 2 heterocycles. The first-order valence-electron chi connectivity index (χ1n) is 8.86. The fourth-order valence-electron chi connectivity index (χ4n) is 3.30. The van der Waals surface area contributed by atoms with Gasteiger partial charge < -0.3 is 9.80 Å². The number of hydrogen-bond acceptors (Lipinski definition) is 4. The van der Waals surface area contributed by atoms with Gasteiger partial charge in [-0.05, 0) is 31.2 Å². The highest BCUT2D eigenvalue weighted by molar-refractivity contribution is 7.86. The van der Waals surface area contributed by atoms with Gasteiger partial charge in [0.1, 0.15) is 5.82 Å². The highest BCUT2D eigenvalue weighted by Gasteiger charge is 2.33. The summed E-state index contributed by atoms with van der Waals surface area (Å²) in [6.45, 7) is 6.16. The first-order valence-corrected chi connectivity index (χ1v) is 10.3. The molecular formula is C17H27FN4O2S. The van der Waals surface area contributed by atoms with Gasteiger partial charge in [-0.2, -0.15) is 17.0 Å². The lowest BCUT2D eigenvalue weighted by molar-refractivity contribution is 0.171. The maximum atomic E-state index is 12.9. The van der Waals surface area contributed by atoms with Crippen LogP contribution in [0.3, 0.4) is 0 Å². The molecule has 0 aromatic heterocycles. The summed E-state index contributed by atoms with van der Waals surface area (Å²) in [4.78, 5) is 4.43. The summed E-state index contributed by atoms with van der Waals surface area (Å²) in [5, 5.41) is 0. The number of piperazine rings is 2. The monoisotopic (exact) mass is 370 g/mol. The van der Waals surface area contributed by atoms with Crippen LogP contribution < -0.4 is 0 Å². The summed E-state index contributed by atoms with van der Waals surface area (Å²) >= 11 is 0. The Balaban J connectivity index is 1.47. The summed E-state index contributed by atoms with van der Waals surface area (Å²) in [7, 11) is -1.31. The van der Waals surface area contributed by atoms with Gasteiger partial charge in [-0.15, -0.1) is 0 Å². The zero-order valence-corrected chi connectivity index (χ0v) is 15.6. The van der Waals surface area contributed by atoms with Gasteiger partial charge >= 0.3 is 0 Å². The van der Waals surface area contributed by atoms with Crippen LogP contribution >= 0.6 is 0 Å². The van der Waals surface area contributed by atoms with Crippen LogP contribution in [-0.4, -0.2) is 92.8 Å². The zero-order chi connectivity index (χ0) is 17.9. The van der Waals surface area contributed by atoms with Crippen molar-refractivity contribution in [2.45, 2.75) is 6.42 Å². The van der Waals surface area contributed by atoms with Crippen LogP contribution in [0, 0.1) is 5.82 Å². The Hall–Kier alpha value is -1.06. The van der Waals surface area contributed by atoms with E-state index >= 15 is 0 Å². The Bertz CT molecular complexity index is 652. The molecular weight excluding hydrogens is 343 g/mol. The van der Waals surface area contributed by atoms with Crippen molar-refractivity contribution < 1.29 is 12.8 Å². The highest BCUT2D eigenvalue weighted by Crippen LogP contribution is 2.15. The Kier molecular flexibility index (Phi) is 6.06. The number of benzene rings is 1. The number of hydrogen-bond donors (Lipinski definition) is 0. The Morgan fingerprint density at radius 2 is 1.40 bits per heavy atom. The molecule has 25 heavy (non-hydrogen) atoms. The third-order valence-electron chi connectivity index (χ3n) is 5.08. The van der Waals surface area contributed by atoms with Gasteiger partial charge in [-0.3, -0.25) is 0 Å². The van der Waals surface area contributed by atoms with Crippen LogP contribution in [0.4, 0.5) is 4.39 Å². The summed E-state index contributed by atoms with van der Waals surface area (Å²) in [6, 6.07) is 6.58. The van der Waals surface area contributed by atoms with Crippen LogP contribution in [0.5, 0.6) is 0 Å². The fourth-order valence-corrected chi connectivity index (χ4v) is 4.88. The average Bonchev–Trinajstić information content (AvgIpc) is 2.62. The zero-order valence-electron chi connectivity index (χ0n) is 14.8. The SMILES string of the molecule is CN1CCN(S(=O)(=O)N2CCN(CCc3ccc(F)cc3)CC2)CC1. The Labute approximate surface area is 150 Å². The molecule has 2 aliphatic heterocycles. The van der Waals surface area contributed by atoms with Crippen molar-refractivity contribution in [3.8, 4) is 0 Å². The largest absolute Gasteiger partial charge is 0.304 e. The first kappa shape index (κ1) is 18.7. The maximum Gasteiger partial charge on any atom is 0.282 e. The quantitative estimate of drug-likeness (QED) is 0.756. The topological polar surface area (TPSA) is 47.1 Å². The van der Waals surface area contributed by atoms with Gasteiger partial charge in [0.05, 0.1) is 0 Å². The summed E-state index contributed by atoms with van der Waals surface area (Å²) in [5.74, 6) is -0.216. The number of halogens is 1. The van der Waals surface area contributed by atoms with Crippen molar-refractivity contribution in [2.75, 3.05) is 66.0 Å². The minimum atomic E-state index is -3.33. The second-order valence-electron chi connectivity index (χ2n) is 6.83. The van der Waals surface area contributed by atoms with E-state index in [2.05, 4.69) is 9.80 Å². The predicted octanol–water partition coefficient (Wildman–Crippen LogP) is 0.478. The molecule has 0 atom stereocenters. The molecule has 1 aromatic rings. The molecule has 2 aliphatic rings. The van der Waals surface area contributed by atoms with E-state index in [1.165, 1.54) is 12.1 Å². The lowest BCUT2D eigenvalue weighted by Crippen LogP contribution is -2.56. The van der Waals surface area contributed by atoms with E-state index in [9.17, 15) is 12.8 Å². The first-order chi connectivity index (χ1) is 11.9. The Morgan fingerprint density at radius 3 is 1.96 bits per heavy atom. The number of rotatable bonds is 5. The number of nitrogens with zero attached hydrogens (tertiary/aromatic N) is 4. The van der Waals surface area contributed by atoms with E-state index < -0.39 is 10.2 Å². The second kappa shape index (κ2) is 8.09. The third-order valence-corrected chi connectivity index (χ3v) is 7.11. The van der Waals surface area contributed by atoms with Crippen molar-refractivity contribution >= 4 is 10.2 Å². The second-order valence-corrected chi connectivity index (χ2v) is 8.76. The van der Waals surface area contributed by atoms with Crippen LogP contribution in [-0.2, 0) is 16.6 Å². The van der Waals surface area contributed by atoms with E-state index in [1.807, 2.05) is 19.2 Å². The van der Waals surface area contributed by atoms with Crippen molar-refractivity contribution in [1.82, 2.24) is 18.4 Å². The molecule has 1 aromatic carbocycles. The molecule has 2 fully saturated rings. The van der Waals surface area contributed by atoms with Gasteiger partial charge in [-0.25, -0.2) is 4.39 Å². The van der Waals surface area contributed by atoms with Crippen molar-refractivity contribution in [3.05, 3.63) is 35.6 Å². The van der Waals surface area contributed by atoms with Crippen LogP contribution in [0.1, 0.15) is 5.56 Å². The van der Waals surface area contributed by atoms with Crippen LogP contribution in [0.15, 0.2) is 24.3 Å². The average molecular weight is 370 g/mol. The van der Waals surface area contributed by atoms with E-state index in [1.54, 1.807) is 8.61 Å². The standard InChI is InChI=1S/C17H27FN4O2S/c1-19-8-12-21(13-9-19)25(23,24)22-14-10-20(11-15-22)7-6-16-2-4-17(18)5-3-16/h2-5H,6-15H2,1H3. The van der Waals surface area contributed by atoms with Gasteiger partial charge in [0.15, 0.2) is 0 Å². The van der Waals surface area contributed by atoms with E-state index in [-0.39, 0.29) is 5.82 Å². The van der Waals surface area contributed by atoms with Gasteiger partial charge in [0.2, 0.25) is 0 Å². The predicted molar refractivity (Wildman–Crippen MR) is 96.1 cm³/mol. The third kappa shape index (κ3) is 4.77. The summed E-state index contributed by atoms with van der Waals surface area (Å²) in [5.41, 5.74) is 1.11. The minimum Gasteiger partial charge on any atom is -0.304 e. The molecule has 8 heteroatoms. The van der Waals surface area contributed by atoms with E-state index in [0.717, 1.165) is 44.7 Å². The minimum absolute atomic E-state index is 0.216. The number of likely N-dealkylation sites (N-methyl/N-ethyl adjacent to an activating group) is 1. The highest BCUT2D eigenvalue weighted by atomic mass is 32.2. The summed E-state index contributed by atoms with van der Waals surface area (Å²) in [6.07, 6.45) is 0.853. The summed E-state index contributed by atoms with van der Waals surface area (Å²) < 4.78 is 41.7. The molecule has 0 aliphatic carbocycles. The van der Waals surface area contributed by atoms with Gasteiger partial charge in [0, 0.05) is 58.9 Å². The van der Waals surface area contributed by atoms with E-state index in [4.69, 9.17) is 0 Å². The van der Waals surface area contributed by atoms with Gasteiger partial charge in [0.25, 0.3) is 10.2 Å². The molecule has 0 radical (unpaired) electrons. The van der Waals surface area contributed by atoms with E-state index in [0.29, 0.717) is 26.2 Å². The fraction of sp³-hybridized carbons (Fsp3) is 0.647. The van der Waals surface area contributed by atoms with Crippen molar-refractivity contribution in [3.63, 3.8) is 0 Å².